The number of carbonyl (C=O) groups is 2. The summed E-state index contributed by atoms with van der Waals surface area (Å²) in [6, 6.07) is -1.33. The summed E-state index contributed by atoms with van der Waals surface area (Å²) in [5.41, 5.74) is 0.220. The summed E-state index contributed by atoms with van der Waals surface area (Å²) < 4.78 is 29.6. The first-order chi connectivity index (χ1) is 11.7. The molecule has 2 atom stereocenters. The first kappa shape index (κ1) is 17.7. The number of sulfone groups is 1. The second-order valence-electron chi connectivity index (χ2n) is 6.56. The Hall–Kier alpha value is -2.10. The van der Waals surface area contributed by atoms with E-state index in [2.05, 4.69) is 4.98 Å². The van der Waals surface area contributed by atoms with Crippen LogP contribution in [0, 0.1) is 0 Å². The Morgan fingerprint density at radius 3 is 2.44 bits per heavy atom. The van der Waals surface area contributed by atoms with Crippen LogP contribution in [0.4, 0.5) is 4.79 Å². The molecule has 2 aliphatic heterocycles. The highest BCUT2D eigenvalue weighted by atomic mass is 32.2. The lowest BCUT2D eigenvalue weighted by Crippen LogP contribution is -2.63. The molecule has 0 spiro atoms. The zero-order valence-electron chi connectivity index (χ0n) is 14.5. The number of urea groups is 1. The second-order valence-corrected chi connectivity index (χ2v) is 8.71. The van der Waals surface area contributed by atoms with E-state index in [1.165, 1.54) is 16.2 Å². The number of carbonyl (C=O) groups excluding carboxylic acids is 2. The monoisotopic (exact) mass is 370 g/mol. The van der Waals surface area contributed by atoms with Crippen LogP contribution in [-0.2, 0) is 16.3 Å². The minimum atomic E-state index is -3.32. The molecule has 2 saturated heterocycles. The van der Waals surface area contributed by atoms with E-state index in [-0.39, 0.29) is 35.7 Å². The number of nitrogens with zero attached hydrogens (tertiary/aromatic N) is 4. The normalized spacial score (nSPS) is 24.9. The molecule has 10 heteroatoms. The molecule has 1 aromatic rings. The molecule has 1 aromatic heterocycles. The van der Waals surface area contributed by atoms with Gasteiger partial charge in [-0.15, -0.1) is 0 Å². The number of oxazole rings is 1. The van der Waals surface area contributed by atoms with Crippen LogP contribution in [0.2, 0.25) is 0 Å². The molecule has 0 bridgehead atoms. The van der Waals surface area contributed by atoms with Gasteiger partial charge in [0.25, 0.3) is 5.91 Å². The largest absolute Gasteiger partial charge is 0.448 e. The van der Waals surface area contributed by atoms with E-state index in [9.17, 15) is 18.0 Å². The van der Waals surface area contributed by atoms with Gasteiger partial charge in [0.2, 0.25) is 0 Å². The molecule has 0 N–H and O–H groups in total. The van der Waals surface area contributed by atoms with Crippen molar-refractivity contribution in [2.45, 2.75) is 25.4 Å². The Labute approximate surface area is 146 Å². The Kier molecular flexibility index (Phi) is 4.48. The second kappa shape index (κ2) is 6.32. The molecular weight excluding hydrogens is 348 g/mol. The fourth-order valence-electron chi connectivity index (χ4n) is 3.53. The first-order valence-electron chi connectivity index (χ1n) is 8.17. The molecule has 0 aliphatic carbocycles. The molecule has 0 unspecified atom stereocenters. The van der Waals surface area contributed by atoms with Crippen molar-refractivity contribution >= 4 is 21.8 Å². The van der Waals surface area contributed by atoms with E-state index < -0.39 is 21.9 Å². The minimum Gasteiger partial charge on any atom is -0.448 e. The lowest BCUT2D eigenvalue weighted by molar-refractivity contribution is 0.0387. The van der Waals surface area contributed by atoms with Gasteiger partial charge in [-0.3, -0.25) is 4.79 Å². The number of aromatic nitrogens is 1. The summed E-state index contributed by atoms with van der Waals surface area (Å²) in [6.07, 6.45) is 1.74. The van der Waals surface area contributed by atoms with Gasteiger partial charge in [0.15, 0.2) is 21.9 Å². The third-order valence-corrected chi connectivity index (χ3v) is 6.43. The third-order valence-electron chi connectivity index (χ3n) is 4.73. The van der Waals surface area contributed by atoms with Gasteiger partial charge in [-0.2, -0.15) is 0 Å². The molecule has 0 aromatic carbocycles. The van der Waals surface area contributed by atoms with Crippen LogP contribution in [0.3, 0.4) is 0 Å². The highest BCUT2D eigenvalue weighted by Crippen LogP contribution is 2.29. The van der Waals surface area contributed by atoms with Crippen molar-refractivity contribution in [1.29, 1.82) is 0 Å². The van der Waals surface area contributed by atoms with Gasteiger partial charge in [-0.25, -0.2) is 18.2 Å². The fraction of sp³-hybridized carbons (Fsp3) is 0.667. The SMILES string of the molecule is CCc1ocnc1C(=O)N1CCN(C(=O)N(C)C)[C@H]2CS(=O)(=O)C[C@H]21. The summed E-state index contributed by atoms with van der Waals surface area (Å²) in [5.74, 6) is -0.121. The predicted molar refractivity (Wildman–Crippen MR) is 88.9 cm³/mol. The maximum atomic E-state index is 12.9. The van der Waals surface area contributed by atoms with Crippen LogP contribution >= 0.6 is 0 Å². The standard InChI is InChI=1S/C15H22N4O5S/c1-4-12-13(16-9-24-12)14(20)18-5-6-19(15(21)17(2)3)11-8-25(22,23)7-10(11)18/h9-11H,4-8H2,1-3H3/t10-,11+/m1/s1. The van der Waals surface area contributed by atoms with E-state index in [0.717, 1.165) is 0 Å². The molecule has 0 saturated carbocycles. The average Bonchev–Trinajstić information content (AvgIpc) is 3.14. The number of piperazine rings is 1. The van der Waals surface area contributed by atoms with E-state index in [0.29, 0.717) is 18.7 Å². The third kappa shape index (κ3) is 3.10. The Bertz CT molecular complexity index is 788. The molecule has 2 aliphatic rings. The van der Waals surface area contributed by atoms with Crippen molar-refractivity contribution < 1.29 is 22.4 Å². The number of rotatable bonds is 2. The molecule has 9 nitrogen and oxygen atoms in total. The van der Waals surface area contributed by atoms with Gasteiger partial charge >= 0.3 is 6.03 Å². The van der Waals surface area contributed by atoms with E-state index in [1.807, 2.05) is 6.92 Å². The van der Waals surface area contributed by atoms with Gasteiger partial charge in [0, 0.05) is 33.6 Å². The van der Waals surface area contributed by atoms with Crippen molar-refractivity contribution in [3.63, 3.8) is 0 Å². The first-order valence-corrected chi connectivity index (χ1v) is 9.99. The summed E-state index contributed by atoms with van der Waals surface area (Å²) in [7, 11) is -0.0696. The van der Waals surface area contributed by atoms with Gasteiger partial charge < -0.3 is 19.1 Å². The van der Waals surface area contributed by atoms with Gasteiger partial charge in [-0.05, 0) is 0 Å². The van der Waals surface area contributed by atoms with Gasteiger partial charge in [-0.1, -0.05) is 6.92 Å². The maximum absolute atomic E-state index is 12.9. The summed E-state index contributed by atoms with van der Waals surface area (Å²) in [6.45, 7) is 2.41. The topological polar surface area (TPSA) is 104 Å². The number of fused-ring (bicyclic) bond motifs is 1. The Morgan fingerprint density at radius 2 is 1.84 bits per heavy atom. The Balaban J connectivity index is 1.91. The van der Waals surface area contributed by atoms with Crippen molar-refractivity contribution in [2.75, 3.05) is 38.7 Å². The van der Waals surface area contributed by atoms with Crippen LogP contribution in [0.15, 0.2) is 10.8 Å². The van der Waals surface area contributed by atoms with Crippen molar-refractivity contribution in [1.82, 2.24) is 19.7 Å². The van der Waals surface area contributed by atoms with Gasteiger partial charge in [0.1, 0.15) is 5.76 Å². The maximum Gasteiger partial charge on any atom is 0.319 e. The van der Waals surface area contributed by atoms with Crippen molar-refractivity contribution in [3.05, 3.63) is 17.8 Å². The van der Waals surface area contributed by atoms with Crippen LogP contribution in [0.1, 0.15) is 23.2 Å². The highest BCUT2D eigenvalue weighted by Gasteiger charge is 2.50. The van der Waals surface area contributed by atoms with E-state index in [4.69, 9.17) is 4.42 Å². The fourth-order valence-corrected chi connectivity index (χ4v) is 5.51. The summed E-state index contributed by atoms with van der Waals surface area (Å²) >= 11 is 0. The van der Waals surface area contributed by atoms with E-state index >= 15 is 0 Å². The minimum absolute atomic E-state index is 0.125. The van der Waals surface area contributed by atoms with E-state index in [1.54, 1.807) is 19.0 Å². The zero-order valence-corrected chi connectivity index (χ0v) is 15.3. The van der Waals surface area contributed by atoms with Gasteiger partial charge in [0.05, 0.1) is 23.6 Å². The molecular formula is C15H22N4O5S. The number of amides is 3. The van der Waals surface area contributed by atoms with Crippen LogP contribution < -0.4 is 0 Å². The lowest BCUT2D eigenvalue weighted by Gasteiger charge is -2.44. The smallest absolute Gasteiger partial charge is 0.319 e. The van der Waals surface area contributed by atoms with Crippen LogP contribution in [0.5, 0.6) is 0 Å². The molecule has 2 fully saturated rings. The number of hydrogen-bond donors (Lipinski definition) is 0. The molecule has 25 heavy (non-hydrogen) atoms. The highest BCUT2D eigenvalue weighted by molar-refractivity contribution is 7.91. The quantitative estimate of drug-likeness (QED) is 0.717. The number of hydrogen-bond acceptors (Lipinski definition) is 6. The summed E-state index contributed by atoms with van der Waals surface area (Å²) in [4.78, 5) is 33.8. The zero-order chi connectivity index (χ0) is 18.4. The average molecular weight is 370 g/mol. The van der Waals surface area contributed by atoms with Crippen LogP contribution in [-0.4, -0.2) is 90.8 Å². The lowest BCUT2D eigenvalue weighted by atomic mass is 10.0. The molecule has 3 rings (SSSR count). The molecule has 3 heterocycles. The Morgan fingerprint density at radius 1 is 1.24 bits per heavy atom. The molecule has 138 valence electrons. The molecule has 3 amide bonds. The molecule has 0 radical (unpaired) electrons. The predicted octanol–water partition coefficient (Wildman–Crippen LogP) is -0.158. The number of aryl methyl sites for hydroxylation is 1. The summed E-state index contributed by atoms with van der Waals surface area (Å²) in [5, 5.41) is 0. The van der Waals surface area contributed by atoms with Crippen LogP contribution in [0.25, 0.3) is 0 Å². The van der Waals surface area contributed by atoms with Crippen molar-refractivity contribution in [3.8, 4) is 0 Å². The van der Waals surface area contributed by atoms with Crippen molar-refractivity contribution in [2.24, 2.45) is 0 Å².